The van der Waals surface area contributed by atoms with Crippen molar-refractivity contribution in [1.82, 2.24) is 0 Å². The largest absolute Gasteiger partial charge is 0.482 e. The van der Waals surface area contributed by atoms with Crippen molar-refractivity contribution in [3.8, 4) is 5.75 Å². The molecule has 29 heavy (non-hydrogen) atoms. The highest BCUT2D eigenvalue weighted by Gasteiger charge is 2.11. The van der Waals surface area contributed by atoms with Crippen LogP contribution < -0.4 is 15.4 Å². The number of rotatable bonds is 6. The van der Waals surface area contributed by atoms with Crippen LogP contribution in [0.1, 0.15) is 10.4 Å². The van der Waals surface area contributed by atoms with Crippen LogP contribution in [0.4, 0.5) is 11.4 Å². The Balaban J connectivity index is 1.63. The zero-order valence-electron chi connectivity index (χ0n) is 14.9. The summed E-state index contributed by atoms with van der Waals surface area (Å²) in [5.74, 6) is -0.367. The first-order valence-corrected chi connectivity index (χ1v) is 9.59. The topological polar surface area (TPSA) is 67.4 Å². The molecule has 0 fully saturated rings. The fourth-order valence-electron chi connectivity index (χ4n) is 2.42. The third-order valence-electron chi connectivity index (χ3n) is 3.79. The van der Waals surface area contributed by atoms with Crippen LogP contribution in [0.2, 0.25) is 15.1 Å². The minimum atomic E-state index is -0.404. The highest BCUT2D eigenvalue weighted by atomic mass is 35.5. The van der Waals surface area contributed by atoms with E-state index in [-0.39, 0.29) is 12.5 Å². The van der Waals surface area contributed by atoms with Gasteiger partial charge in [-0.25, -0.2) is 0 Å². The number of hydrogen-bond acceptors (Lipinski definition) is 3. The van der Waals surface area contributed by atoms with E-state index in [0.717, 1.165) is 0 Å². The van der Waals surface area contributed by atoms with Crippen LogP contribution in [0.3, 0.4) is 0 Å². The summed E-state index contributed by atoms with van der Waals surface area (Å²) < 4.78 is 5.40. The van der Waals surface area contributed by atoms with E-state index >= 15 is 0 Å². The fourth-order valence-corrected chi connectivity index (χ4v) is 3.04. The molecule has 0 aromatic heterocycles. The Labute approximate surface area is 182 Å². The molecule has 0 unspecified atom stereocenters. The van der Waals surface area contributed by atoms with Crippen LogP contribution in [0.15, 0.2) is 66.7 Å². The molecule has 0 saturated heterocycles. The standard InChI is InChI=1S/C21H15Cl3N2O3/c22-14-6-9-19(17(24)10-14)29-12-20(27)25-15-7-8-16(23)18(11-15)26-21(28)13-4-2-1-3-5-13/h1-11H,12H2,(H,25,27)(H,26,28). The van der Waals surface area contributed by atoms with Crippen LogP contribution in [-0.4, -0.2) is 18.4 Å². The Morgan fingerprint density at radius 2 is 1.59 bits per heavy atom. The Bertz CT molecular complexity index is 1040. The molecule has 0 atom stereocenters. The molecule has 0 aliphatic heterocycles. The molecular weight excluding hydrogens is 435 g/mol. The van der Waals surface area contributed by atoms with Gasteiger partial charge in [0.15, 0.2) is 6.61 Å². The van der Waals surface area contributed by atoms with E-state index in [1.807, 2.05) is 6.07 Å². The second-order valence-corrected chi connectivity index (χ2v) is 7.18. The maximum Gasteiger partial charge on any atom is 0.262 e. The first kappa shape index (κ1) is 21.0. The zero-order chi connectivity index (χ0) is 20.8. The molecule has 8 heteroatoms. The van der Waals surface area contributed by atoms with Gasteiger partial charge in [0, 0.05) is 16.3 Å². The van der Waals surface area contributed by atoms with E-state index in [2.05, 4.69) is 10.6 Å². The van der Waals surface area contributed by atoms with Crippen molar-refractivity contribution in [1.29, 1.82) is 0 Å². The SMILES string of the molecule is O=C(COc1ccc(Cl)cc1Cl)Nc1ccc(Cl)c(NC(=O)c2ccccc2)c1. The van der Waals surface area contributed by atoms with Gasteiger partial charge in [0.1, 0.15) is 5.75 Å². The van der Waals surface area contributed by atoms with Crippen LogP contribution in [0.25, 0.3) is 0 Å². The number of amides is 2. The van der Waals surface area contributed by atoms with Crippen LogP contribution in [0, 0.1) is 0 Å². The molecule has 0 aliphatic rings. The molecule has 3 aromatic carbocycles. The van der Waals surface area contributed by atoms with Crippen molar-refractivity contribution in [2.75, 3.05) is 17.2 Å². The Kier molecular flexibility index (Phi) is 6.99. The normalized spacial score (nSPS) is 10.3. The number of halogens is 3. The molecule has 0 heterocycles. The monoisotopic (exact) mass is 448 g/mol. The second kappa shape index (κ2) is 9.65. The predicted octanol–water partition coefficient (Wildman–Crippen LogP) is 5.92. The first-order valence-electron chi connectivity index (χ1n) is 8.46. The summed E-state index contributed by atoms with van der Waals surface area (Å²) in [6.45, 7) is -0.254. The highest BCUT2D eigenvalue weighted by molar-refractivity contribution is 6.35. The van der Waals surface area contributed by atoms with Gasteiger partial charge in [-0.05, 0) is 48.5 Å². The molecule has 0 aliphatic carbocycles. The van der Waals surface area contributed by atoms with E-state index in [1.54, 1.807) is 54.6 Å². The molecule has 0 saturated carbocycles. The van der Waals surface area contributed by atoms with Gasteiger partial charge in [0.05, 0.1) is 15.7 Å². The second-order valence-electron chi connectivity index (χ2n) is 5.93. The number of anilines is 2. The van der Waals surface area contributed by atoms with Gasteiger partial charge in [-0.15, -0.1) is 0 Å². The van der Waals surface area contributed by atoms with Crippen molar-refractivity contribution in [2.45, 2.75) is 0 Å². The molecular formula is C21H15Cl3N2O3. The molecule has 3 rings (SSSR count). The Morgan fingerprint density at radius 3 is 2.31 bits per heavy atom. The summed E-state index contributed by atoms with van der Waals surface area (Å²) in [5, 5.41) is 6.53. The van der Waals surface area contributed by atoms with Crippen LogP contribution >= 0.6 is 34.8 Å². The molecule has 0 radical (unpaired) electrons. The van der Waals surface area contributed by atoms with Gasteiger partial charge in [-0.1, -0.05) is 53.0 Å². The number of ether oxygens (including phenoxy) is 1. The third kappa shape index (κ3) is 5.87. The van der Waals surface area contributed by atoms with Crippen molar-refractivity contribution in [3.05, 3.63) is 87.4 Å². The molecule has 2 amide bonds. The maximum absolute atomic E-state index is 12.3. The van der Waals surface area contributed by atoms with Crippen LogP contribution in [-0.2, 0) is 4.79 Å². The van der Waals surface area contributed by atoms with Gasteiger partial charge in [0.25, 0.3) is 11.8 Å². The summed E-state index contributed by atoms with van der Waals surface area (Å²) in [6.07, 6.45) is 0. The van der Waals surface area contributed by atoms with Gasteiger partial charge in [-0.3, -0.25) is 9.59 Å². The number of nitrogens with one attached hydrogen (secondary N) is 2. The minimum absolute atomic E-state index is 0.254. The molecule has 0 spiro atoms. The maximum atomic E-state index is 12.3. The van der Waals surface area contributed by atoms with E-state index in [4.69, 9.17) is 39.5 Å². The third-order valence-corrected chi connectivity index (χ3v) is 4.65. The van der Waals surface area contributed by atoms with E-state index < -0.39 is 5.91 Å². The number of carbonyl (C=O) groups excluding carboxylic acids is 2. The summed E-state index contributed by atoms with van der Waals surface area (Å²) in [5.41, 5.74) is 1.32. The molecule has 2 N–H and O–H groups in total. The number of benzene rings is 3. The smallest absolute Gasteiger partial charge is 0.262 e. The molecule has 3 aromatic rings. The molecule has 5 nitrogen and oxygen atoms in total. The lowest BCUT2D eigenvalue weighted by molar-refractivity contribution is -0.118. The average Bonchev–Trinajstić information content (AvgIpc) is 2.70. The summed E-state index contributed by atoms with van der Waals surface area (Å²) >= 11 is 18.0. The van der Waals surface area contributed by atoms with Crippen molar-refractivity contribution in [2.24, 2.45) is 0 Å². The van der Waals surface area contributed by atoms with Crippen LogP contribution in [0.5, 0.6) is 5.75 Å². The lowest BCUT2D eigenvalue weighted by Gasteiger charge is -2.12. The summed E-state index contributed by atoms with van der Waals surface area (Å²) in [4.78, 5) is 24.5. The van der Waals surface area contributed by atoms with Gasteiger partial charge in [0.2, 0.25) is 0 Å². The lowest BCUT2D eigenvalue weighted by Crippen LogP contribution is -2.20. The average molecular weight is 450 g/mol. The summed E-state index contributed by atoms with van der Waals surface area (Å²) in [6, 6.07) is 18.2. The zero-order valence-corrected chi connectivity index (χ0v) is 17.2. The number of carbonyl (C=O) groups is 2. The number of hydrogen-bond donors (Lipinski definition) is 2. The highest BCUT2D eigenvalue weighted by Crippen LogP contribution is 2.28. The molecule has 148 valence electrons. The van der Waals surface area contributed by atoms with Gasteiger partial charge >= 0.3 is 0 Å². The lowest BCUT2D eigenvalue weighted by atomic mass is 10.2. The van der Waals surface area contributed by atoms with E-state index in [1.165, 1.54) is 6.07 Å². The predicted molar refractivity (Wildman–Crippen MR) is 116 cm³/mol. The Morgan fingerprint density at radius 1 is 0.828 bits per heavy atom. The quantitative estimate of drug-likeness (QED) is 0.491. The van der Waals surface area contributed by atoms with Crippen molar-refractivity contribution in [3.63, 3.8) is 0 Å². The first-order chi connectivity index (χ1) is 13.9. The van der Waals surface area contributed by atoms with E-state index in [9.17, 15) is 9.59 Å². The Hall–Kier alpha value is -2.73. The van der Waals surface area contributed by atoms with Crippen molar-refractivity contribution >= 4 is 58.0 Å². The van der Waals surface area contributed by atoms with Crippen molar-refractivity contribution < 1.29 is 14.3 Å². The fraction of sp³-hybridized carbons (Fsp3) is 0.0476. The van der Waals surface area contributed by atoms with Gasteiger partial charge < -0.3 is 15.4 Å². The molecule has 0 bridgehead atoms. The summed E-state index contributed by atoms with van der Waals surface area (Å²) in [7, 11) is 0. The van der Waals surface area contributed by atoms with Gasteiger partial charge in [-0.2, -0.15) is 0 Å². The minimum Gasteiger partial charge on any atom is -0.482 e. The van der Waals surface area contributed by atoms with E-state index in [0.29, 0.717) is 37.8 Å².